The topological polar surface area (TPSA) is 68.8 Å². The van der Waals surface area contributed by atoms with Crippen molar-refractivity contribution in [3.63, 3.8) is 0 Å². The predicted molar refractivity (Wildman–Crippen MR) is 78.2 cm³/mol. The van der Waals surface area contributed by atoms with Gasteiger partial charge in [-0.05, 0) is 19.1 Å². The molecule has 0 fully saturated rings. The van der Waals surface area contributed by atoms with E-state index >= 15 is 0 Å². The molecule has 0 bridgehead atoms. The summed E-state index contributed by atoms with van der Waals surface area (Å²) in [6.07, 6.45) is 5.30. The van der Waals surface area contributed by atoms with Crippen LogP contribution in [0.15, 0.2) is 41.4 Å². The van der Waals surface area contributed by atoms with Gasteiger partial charge in [-0.3, -0.25) is 0 Å². The van der Waals surface area contributed by atoms with Gasteiger partial charge in [0.1, 0.15) is 17.2 Å². The van der Waals surface area contributed by atoms with Gasteiger partial charge in [-0.2, -0.15) is 4.98 Å². The monoisotopic (exact) mass is 319 g/mol. The maximum Gasteiger partial charge on any atom is 0.263 e. The zero-order valence-corrected chi connectivity index (χ0v) is 12.4. The molecule has 0 saturated carbocycles. The normalized spacial score (nSPS) is 12.5. The van der Waals surface area contributed by atoms with Crippen LogP contribution in [0.3, 0.4) is 0 Å². The summed E-state index contributed by atoms with van der Waals surface area (Å²) < 4.78 is 34.3. The summed E-state index contributed by atoms with van der Waals surface area (Å²) in [4.78, 5) is 8.00. The molecule has 0 aliphatic rings. The van der Waals surface area contributed by atoms with Crippen molar-refractivity contribution in [3.05, 3.63) is 54.4 Å². The SMILES string of the molecule is C[C@@H](Cn1ccnc1)NCc1noc(-c2c(F)cccc2F)n1. The number of nitrogens with one attached hydrogen (secondary N) is 1. The summed E-state index contributed by atoms with van der Waals surface area (Å²) in [5.74, 6) is -1.30. The molecule has 3 rings (SSSR count). The highest BCUT2D eigenvalue weighted by Crippen LogP contribution is 2.24. The smallest absolute Gasteiger partial charge is 0.263 e. The lowest BCUT2D eigenvalue weighted by Gasteiger charge is -2.12. The van der Waals surface area contributed by atoms with Crippen molar-refractivity contribution >= 4 is 0 Å². The fourth-order valence-electron chi connectivity index (χ4n) is 2.17. The molecule has 1 N–H and O–H groups in total. The minimum absolute atomic E-state index is 0.136. The van der Waals surface area contributed by atoms with E-state index in [2.05, 4.69) is 20.4 Å². The van der Waals surface area contributed by atoms with Crippen molar-refractivity contribution in [1.82, 2.24) is 25.0 Å². The van der Waals surface area contributed by atoms with E-state index in [0.29, 0.717) is 12.4 Å². The standard InChI is InChI=1S/C15H15F2N5O/c1-10(8-22-6-5-18-9-22)19-7-13-20-15(23-21-13)14-11(16)3-2-4-12(14)17/h2-6,9-10,19H,7-8H2,1H3/t10-/m0/s1. The Hall–Kier alpha value is -2.61. The third-order valence-electron chi connectivity index (χ3n) is 3.30. The van der Waals surface area contributed by atoms with Gasteiger partial charge in [0.2, 0.25) is 0 Å². The second-order valence-corrected chi connectivity index (χ2v) is 5.15. The van der Waals surface area contributed by atoms with Crippen LogP contribution in [-0.4, -0.2) is 25.7 Å². The molecular formula is C15H15F2N5O. The molecule has 2 aromatic heterocycles. The Morgan fingerprint density at radius 2 is 2.09 bits per heavy atom. The molecule has 1 aromatic carbocycles. The van der Waals surface area contributed by atoms with Gasteiger partial charge in [-0.15, -0.1) is 0 Å². The van der Waals surface area contributed by atoms with Gasteiger partial charge in [0.05, 0.1) is 12.9 Å². The van der Waals surface area contributed by atoms with Crippen LogP contribution in [0.25, 0.3) is 11.5 Å². The number of hydrogen-bond acceptors (Lipinski definition) is 5. The maximum absolute atomic E-state index is 13.7. The van der Waals surface area contributed by atoms with Crippen LogP contribution in [0.4, 0.5) is 8.78 Å². The molecule has 0 aliphatic carbocycles. The fraction of sp³-hybridized carbons (Fsp3) is 0.267. The highest BCUT2D eigenvalue weighted by atomic mass is 19.1. The Morgan fingerprint density at radius 3 is 2.78 bits per heavy atom. The van der Waals surface area contributed by atoms with Crippen molar-refractivity contribution in [2.24, 2.45) is 0 Å². The van der Waals surface area contributed by atoms with E-state index < -0.39 is 11.6 Å². The Morgan fingerprint density at radius 1 is 1.30 bits per heavy atom. The molecule has 0 unspecified atom stereocenters. The minimum atomic E-state index is -0.735. The van der Waals surface area contributed by atoms with Gasteiger partial charge in [0, 0.05) is 25.0 Å². The zero-order valence-electron chi connectivity index (χ0n) is 12.4. The number of nitrogens with zero attached hydrogens (tertiary/aromatic N) is 4. The third kappa shape index (κ3) is 3.59. The van der Waals surface area contributed by atoms with Crippen LogP contribution in [0.1, 0.15) is 12.7 Å². The number of hydrogen-bond donors (Lipinski definition) is 1. The van der Waals surface area contributed by atoms with E-state index in [1.807, 2.05) is 17.7 Å². The summed E-state index contributed by atoms with van der Waals surface area (Å²) >= 11 is 0. The first kappa shape index (κ1) is 15.3. The van der Waals surface area contributed by atoms with Crippen LogP contribution < -0.4 is 5.32 Å². The Labute approximate surface area is 131 Å². The third-order valence-corrected chi connectivity index (χ3v) is 3.30. The molecule has 8 heteroatoms. The van der Waals surface area contributed by atoms with Gasteiger partial charge in [0.15, 0.2) is 5.82 Å². The van der Waals surface area contributed by atoms with Gasteiger partial charge < -0.3 is 14.4 Å². The van der Waals surface area contributed by atoms with Crippen molar-refractivity contribution in [2.75, 3.05) is 0 Å². The van der Waals surface area contributed by atoms with Crippen LogP contribution in [0.5, 0.6) is 0 Å². The van der Waals surface area contributed by atoms with Crippen molar-refractivity contribution in [1.29, 1.82) is 0 Å². The Kier molecular flexibility index (Phi) is 4.42. The molecule has 2 heterocycles. The average molecular weight is 319 g/mol. The van der Waals surface area contributed by atoms with Crippen molar-refractivity contribution < 1.29 is 13.3 Å². The lowest BCUT2D eigenvalue weighted by molar-refractivity contribution is 0.407. The number of aromatic nitrogens is 4. The Bertz CT molecular complexity index is 752. The Balaban J connectivity index is 1.63. The van der Waals surface area contributed by atoms with E-state index in [0.717, 1.165) is 18.7 Å². The highest BCUT2D eigenvalue weighted by molar-refractivity contribution is 5.54. The summed E-state index contributed by atoms with van der Waals surface area (Å²) in [6, 6.07) is 3.71. The van der Waals surface area contributed by atoms with E-state index in [4.69, 9.17) is 4.52 Å². The summed E-state index contributed by atoms with van der Waals surface area (Å²) in [5.41, 5.74) is -0.308. The number of halogens is 2. The molecule has 1 atom stereocenters. The van der Waals surface area contributed by atoms with Crippen molar-refractivity contribution in [3.8, 4) is 11.5 Å². The van der Waals surface area contributed by atoms with E-state index in [1.54, 1.807) is 12.5 Å². The number of rotatable bonds is 6. The van der Waals surface area contributed by atoms with E-state index in [-0.39, 0.29) is 17.5 Å². The molecule has 0 radical (unpaired) electrons. The summed E-state index contributed by atoms with van der Waals surface area (Å²) in [5, 5.41) is 6.95. The largest absolute Gasteiger partial charge is 0.336 e. The number of benzene rings is 1. The minimum Gasteiger partial charge on any atom is -0.336 e. The van der Waals surface area contributed by atoms with Gasteiger partial charge >= 0.3 is 0 Å². The predicted octanol–water partition coefficient (Wildman–Crippen LogP) is 2.39. The van der Waals surface area contributed by atoms with Crippen molar-refractivity contribution in [2.45, 2.75) is 26.1 Å². The molecular weight excluding hydrogens is 304 g/mol. The van der Waals surface area contributed by atoms with Gasteiger partial charge in [-0.1, -0.05) is 11.2 Å². The molecule has 23 heavy (non-hydrogen) atoms. The molecule has 0 aliphatic heterocycles. The lowest BCUT2D eigenvalue weighted by Crippen LogP contribution is -2.29. The molecule has 3 aromatic rings. The van der Waals surface area contributed by atoms with Gasteiger partial charge in [-0.25, -0.2) is 13.8 Å². The summed E-state index contributed by atoms with van der Waals surface area (Å²) in [7, 11) is 0. The van der Waals surface area contributed by atoms with Crippen LogP contribution in [0.2, 0.25) is 0 Å². The molecule has 0 saturated heterocycles. The second-order valence-electron chi connectivity index (χ2n) is 5.15. The highest BCUT2D eigenvalue weighted by Gasteiger charge is 2.18. The summed E-state index contributed by atoms with van der Waals surface area (Å²) in [6.45, 7) is 3.06. The zero-order chi connectivity index (χ0) is 16.2. The van der Waals surface area contributed by atoms with Crippen LogP contribution in [-0.2, 0) is 13.1 Å². The first-order valence-electron chi connectivity index (χ1n) is 7.09. The molecule has 0 amide bonds. The maximum atomic E-state index is 13.7. The van der Waals surface area contributed by atoms with Crippen LogP contribution >= 0.6 is 0 Å². The first-order valence-corrected chi connectivity index (χ1v) is 7.09. The average Bonchev–Trinajstić information content (AvgIpc) is 3.17. The fourth-order valence-corrected chi connectivity index (χ4v) is 2.17. The molecule has 120 valence electrons. The quantitative estimate of drug-likeness (QED) is 0.755. The second kappa shape index (κ2) is 6.66. The van der Waals surface area contributed by atoms with E-state index in [1.165, 1.54) is 6.07 Å². The van der Waals surface area contributed by atoms with Gasteiger partial charge in [0.25, 0.3) is 5.89 Å². The van der Waals surface area contributed by atoms with E-state index in [9.17, 15) is 8.78 Å². The number of imidazole rings is 1. The van der Waals surface area contributed by atoms with Crippen LogP contribution in [0, 0.1) is 11.6 Å². The lowest BCUT2D eigenvalue weighted by atomic mass is 10.2. The first-order chi connectivity index (χ1) is 11.1. The molecule has 0 spiro atoms. The molecule has 6 nitrogen and oxygen atoms in total.